The Balaban J connectivity index is 1.75. The van der Waals surface area contributed by atoms with Gasteiger partial charge in [0.25, 0.3) is 0 Å². The zero-order valence-electron chi connectivity index (χ0n) is 16.9. The zero-order valence-corrected chi connectivity index (χ0v) is 16.9. The largest absolute Gasteiger partial charge is 0.497 e. The molecule has 1 aromatic heterocycles. The lowest BCUT2D eigenvalue weighted by Gasteiger charge is -2.29. The average Bonchev–Trinajstić information content (AvgIpc) is 2.93. The van der Waals surface area contributed by atoms with Crippen LogP contribution in [0.5, 0.6) is 5.75 Å². The molecular formula is C22H29N3O2. The van der Waals surface area contributed by atoms with E-state index in [-0.39, 0.29) is 17.5 Å². The summed E-state index contributed by atoms with van der Waals surface area (Å²) in [7, 11) is 3.66. The van der Waals surface area contributed by atoms with Crippen LogP contribution in [-0.2, 0) is 16.6 Å². The Morgan fingerprint density at radius 2 is 1.85 bits per heavy atom. The number of likely N-dealkylation sites (N-methyl/N-ethyl adjacent to an activating group) is 1. The van der Waals surface area contributed by atoms with Gasteiger partial charge in [0.2, 0.25) is 5.91 Å². The van der Waals surface area contributed by atoms with E-state index in [9.17, 15) is 4.79 Å². The van der Waals surface area contributed by atoms with E-state index in [1.54, 1.807) is 7.11 Å². The zero-order chi connectivity index (χ0) is 19.6. The highest BCUT2D eigenvalue weighted by Crippen LogP contribution is 2.30. The first-order valence-electron chi connectivity index (χ1n) is 9.38. The van der Waals surface area contributed by atoms with Crippen molar-refractivity contribution in [3.8, 4) is 5.75 Å². The van der Waals surface area contributed by atoms with E-state index in [0.717, 1.165) is 23.4 Å². The molecule has 27 heavy (non-hydrogen) atoms. The highest BCUT2D eigenvalue weighted by Gasteiger charge is 2.36. The molecule has 0 spiro atoms. The summed E-state index contributed by atoms with van der Waals surface area (Å²) in [5.41, 5.74) is 3.33. The van der Waals surface area contributed by atoms with Crippen molar-refractivity contribution in [3.63, 3.8) is 0 Å². The van der Waals surface area contributed by atoms with Gasteiger partial charge in [-0.05, 0) is 37.2 Å². The molecule has 1 aromatic carbocycles. The molecule has 1 aliphatic rings. The van der Waals surface area contributed by atoms with Gasteiger partial charge in [-0.3, -0.25) is 14.7 Å². The number of carbonyl (C=O) groups is 1. The number of benzene rings is 1. The summed E-state index contributed by atoms with van der Waals surface area (Å²) in [5, 5.41) is 0. The minimum absolute atomic E-state index is 0.0178. The van der Waals surface area contributed by atoms with Crippen LogP contribution in [0.3, 0.4) is 0 Å². The molecule has 2 aromatic rings. The number of aromatic nitrogens is 1. The third-order valence-corrected chi connectivity index (χ3v) is 5.07. The Bertz CT molecular complexity index is 779. The molecule has 5 nitrogen and oxygen atoms in total. The first-order chi connectivity index (χ1) is 12.8. The van der Waals surface area contributed by atoms with E-state index in [0.29, 0.717) is 13.1 Å². The van der Waals surface area contributed by atoms with Crippen LogP contribution in [0.15, 0.2) is 42.6 Å². The lowest BCUT2D eigenvalue weighted by molar-refractivity contribution is -0.128. The second-order valence-electron chi connectivity index (χ2n) is 8.20. The van der Waals surface area contributed by atoms with E-state index in [4.69, 9.17) is 4.74 Å². The van der Waals surface area contributed by atoms with E-state index >= 15 is 0 Å². The monoisotopic (exact) mass is 367 g/mol. The maximum atomic E-state index is 12.6. The molecule has 1 unspecified atom stereocenters. The maximum Gasteiger partial charge on any atom is 0.238 e. The van der Waals surface area contributed by atoms with Crippen LogP contribution in [0.25, 0.3) is 0 Å². The van der Waals surface area contributed by atoms with Crippen LogP contribution in [0.4, 0.5) is 0 Å². The highest BCUT2D eigenvalue weighted by molar-refractivity contribution is 5.81. The summed E-state index contributed by atoms with van der Waals surface area (Å²) in [6.45, 7) is 7.58. The van der Waals surface area contributed by atoms with Gasteiger partial charge in [0.15, 0.2) is 0 Å². The van der Waals surface area contributed by atoms with Gasteiger partial charge >= 0.3 is 0 Å². The third-order valence-electron chi connectivity index (χ3n) is 5.07. The first-order valence-corrected chi connectivity index (χ1v) is 9.38. The molecule has 0 radical (unpaired) electrons. The quantitative estimate of drug-likeness (QED) is 0.812. The van der Waals surface area contributed by atoms with Crippen molar-refractivity contribution in [2.24, 2.45) is 0 Å². The molecule has 0 bridgehead atoms. The summed E-state index contributed by atoms with van der Waals surface area (Å²) in [5.74, 6) is 1.01. The second kappa shape index (κ2) is 7.69. The van der Waals surface area contributed by atoms with Gasteiger partial charge in [-0.25, -0.2) is 0 Å². The fourth-order valence-electron chi connectivity index (χ4n) is 3.49. The summed E-state index contributed by atoms with van der Waals surface area (Å²) >= 11 is 0. The molecule has 1 amide bonds. The Morgan fingerprint density at radius 3 is 2.41 bits per heavy atom. The lowest BCUT2D eigenvalue weighted by atomic mass is 9.91. The van der Waals surface area contributed by atoms with E-state index in [1.807, 2.05) is 30.3 Å². The highest BCUT2D eigenvalue weighted by atomic mass is 16.5. The third kappa shape index (κ3) is 4.30. The van der Waals surface area contributed by atoms with Gasteiger partial charge in [-0.1, -0.05) is 39.0 Å². The van der Waals surface area contributed by atoms with Crippen LogP contribution >= 0.6 is 0 Å². The van der Waals surface area contributed by atoms with Crippen molar-refractivity contribution in [1.82, 2.24) is 14.8 Å². The Hall–Kier alpha value is -2.40. The maximum absolute atomic E-state index is 12.6. The fourth-order valence-corrected chi connectivity index (χ4v) is 3.49. The SMILES string of the molecule is COc1ccc(CCN2C(=O)CN(C)C2c2ccc(C(C)(C)C)nc2)cc1. The second-order valence-corrected chi connectivity index (χ2v) is 8.20. The summed E-state index contributed by atoms with van der Waals surface area (Å²) in [6.07, 6.45) is 2.67. The molecule has 3 rings (SSSR count). The number of hydrogen-bond donors (Lipinski definition) is 0. The number of hydrogen-bond acceptors (Lipinski definition) is 4. The number of methoxy groups -OCH3 is 1. The molecule has 1 fully saturated rings. The lowest BCUT2D eigenvalue weighted by Crippen LogP contribution is -2.33. The van der Waals surface area contributed by atoms with Crippen molar-refractivity contribution in [1.29, 1.82) is 0 Å². The number of amides is 1. The van der Waals surface area contributed by atoms with Gasteiger partial charge in [0.1, 0.15) is 11.9 Å². The molecule has 5 heteroatoms. The fraction of sp³-hybridized carbons (Fsp3) is 0.455. The standard InChI is InChI=1S/C22H29N3O2/c1-22(2,3)19-11-8-17(14-23-19)21-24(4)15-20(26)25(21)13-12-16-6-9-18(27-5)10-7-16/h6-11,14,21H,12-13,15H2,1-5H3. The molecule has 2 heterocycles. The summed E-state index contributed by atoms with van der Waals surface area (Å²) in [6, 6.07) is 12.2. The Kier molecular flexibility index (Phi) is 5.51. The van der Waals surface area contributed by atoms with E-state index in [1.165, 1.54) is 5.56 Å². The van der Waals surface area contributed by atoms with Gasteiger partial charge < -0.3 is 9.64 Å². The Labute approximate surface area is 162 Å². The summed E-state index contributed by atoms with van der Waals surface area (Å²) in [4.78, 5) is 21.3. The van der Waals surface area contributed by atoms with Gasteiger partial charge in [0.05, 0.1) is 13.7 Å². The first kappa shape index (κ1) is 19.4. The van der Waals surface area contributed by atoms with Gasteiger partial charge in [-0.2, -0.15) is 0 Å². The average molecular weight is 367 g/mol. The molecule has 1 saturated heterocycles. The van der Waals surface area contributed by atoms with Crippen molar-refractivity contribution >= 4 is 5.91 Å². The number of rotatable bonds is 5. The predicted molar refractivity (Wildman–Crippen MR) is 107 cm³/mol. The molecule has 0 N–H and O–H groups in total. The van der Waals surface area contributed by atoms with E-state index < -0.39 is 0 Å². The molecule has 1 atom stereocenters. The minimum Gasteiger partial charge on any atom is -0.497 e. The topological polar surface area (TPSA) is 45.7 Å². The van der Waals surface area contributed by atoms with Crippen LogP contribution in [0.2, 0.25) is 0 Å². The minimum atomic E-state index is -0.0581. The molecule has 1 aliphatic heterocycles. The smallest absolute Gasteiger partial charge is 0.238 e. The van der Waals surface area contributed by atoms with Crippen molar-refractivity contribution < 1.29 is 9.53 Å². The number of ether oxygens (including phenoxy) is 1. The van der Waals surface area contributed by atoms with E-state index in [2.05, 4.69) is 54.9 Å². The summed E-state index contributed by atoms with van der Waals surface area (Å²) < 4.78 is 5.21. The number of nitrogens with zero attached hydrogens (tertiary/aromatic N) is 3. The molecule has 144 valence electrons. The van der Waals surface area contributed by atoms with Gasteiger partial charge in [0, 0.05) is 29.4 Å². The molecular weight excluding hydrogens is 338 g/mol. The van der Waals surface area contributed by atoms with Gasteiger partial charge in [-0.15, -0.1) is 0 Å². The molecule has 0 saturated carbocycles. The van der Waals surface area contributed by atoms with Crippen LogP contribution in [0, 0.1) is 0 Å². The van der Waals surface area contributed by atoms with Crippen LogP contribution < -0.4 is 4.74 Å². The molecule has 0 aliphatic carbocycles. The van der Waals surface area contributed by atoms with Crippen molar-refractivity contribution in [3.05, 3.63) is 59.4 Å². The predicted octanol–water partition coefficient (Wildman–Crippen LogP) is 3.40. The van der Waals surface area contributed by atoms with Crippen LogP contribution in [0.1, 0.15) is 43.8 Å². The van der Waals surface area contributed by atoms with Crippen LogP contribution in [-0.4, -0.2) is 47.9 Å². The Morgan fingerprint density at radius 1 is 1.15 bits per heavy atom. The number of pyridine rings is 1. The normalized spacial score (nSPS) is 18.2. The van der Waals surface area contributed by atoms with Crippen molar-refractivity contribution in [2.45, 2.75) is 38.8 Å². The number of carbonyl (C=O) groups excluding carboxylic acids is 1. The van der Waals surface area contributed by atoms with Crippen molar-refractivity contribution in [2.75, 3.05) is 27.2 Å².